The van der Waals surface area contributed by atoms with E-state index in [1.807, 2.05) is 18.3 Å². The molecule has 0 spiro atoms. The molecule has 82 valence electrons. The molecule has 0 unspecified atom stereocenters. The minimum absolute atomic E-state index is 0.810. The van der Waals surface area contributed by atoms with Gasteiger partial charge in [0.2, 0.25) is 0 Å². The van der Waals surface area contributed by atoms with Crippen molar-refractivity contribution in [2.45, 2.75) is 26.4 Å². The first-order chi connectivity index (χ1) is 7.88. The molecule has 1 aliphatic heterocycles. The zero-order valence-corrected chi connectivity index (χ0v) is 9.25. The molecule has 3 rings (SSSR count). The van der Waals surface area contributed by atoms with E-state index in [0.29, 0.717) is 0 Å². The molecule has 0 atom stereocenters. The van der Waals surface area contributed by atoms with E-state index in [0.717, 1.165) is 36.7 Å². The van der Waals surface area contributed by atoms with Crippen molar-refractivity contribution in [2.24, 2.45) is 0 Å². The second kappa shape index (κ2) is 3.72. The SMILES string of the molecule is CCc1nc(-c2ccc[nH]2)nc2c1CNC2. The fraction of sp³-hybridized carbons (Fsp3) is 0.333. The van der Waals surface area contributed by atoms with Gasteiger partial charge < -0.3 is 10.3 Å². The number of hydrogen-bond donors (Lipinski definition) is 2. The van der Waals surface area contributed by atoms with Crippen molar-refractivity contribution >= 4 is 0 Å². The fourth-order valence-corrected chi connectivity index (χ4v) is 2.12. The Balaban J connectivity index is 2.15. The molecule has 0 fully saturated rings. The maximum atomic E-state index is 4.62. The zero-order valence-electron chi connectivity index (χ0n) is 9.25. The van der Waals surface area contributed by atoms with E-state index in [1.165, 1.54) is 11.3 Å². The summed E-state index contributed by atoms with van der Waals surface area (Å²) < 4.78 is 0. The van der Waals surface area contributed by atoms with Crippen LogP contribution in [0.4, 0.5) is 0 Å². The average Bonchev–Trinajstić information content (AvgIpc) is 2.97. The van der Waals surface area contributed by atoms with Crippen LogP contribution < -0.4 is 5.32 Å². The molecule has 0 amide bonds. The number of nitrogens with zero attached hydrogens (tertiary/aromatic N) is 2. The summed E-state index contributed by atoms with van der Waals surface area (Å²) in [6, 6.07) is 3.97. The Morgan fingerprint density at radius 2 is 2.25 bits per heavy atom. The second-order valence-corrected chi connectivity index (χ2v) is 3.96. The predicted octanol–water partition coefficient (Wildman–Crippen LogP) is 1.64. The highest BCUT2D eigenvalue weighted by Crippen LogP contribution is 2.21. The van der Waals surface area contributed by atoms with Crippen molar-refractivity contribution in [3.63, 3.8) is 0 Å². The number of hydrogen-bond acceptors (Lipinski definition) is 3. The van der Waals surface area contributed by atoms with Gasteiger partial charge in [-0.15, -0.1) is 0 Å². The lowest BCUT2D eigenvalue weighted by Gasteiger charge is -2.06. The molecule has 3 heterocycles. The Morgan fingerprint density at radius 3 is 3.00 bits per heavy atom. The molecule has 2 aromatic rings. The number of aromatic amines is 1. The smallest absolute Gasteiger partial charge is 0.176 e. The van der Waals surface area contributed by atoms with Crippen LogP contribution in [0, 0.1) is 0 Å². The molecule has 0 saturated heterocycles. The largest absolute Gasteiger partial charge is 0.359 e. The van der Waals surface area contributed by atoms with Crippen molar-refractivity contribution in [3.8, 4) is 11.5 Å². The summed E-state index contributed by atoms with van der Waals surface area (Å²) in [6.45, 7) is 3.90. The summed E-state index contributed by atoms with van der Waals surface area (Å²) in [5.74, 6) is 0.810. The van der Waals surface area contributed by atoms with Crippen LogP contribution in [-0.2, 0) is 19.5 Å². The number of aryl methyl sites for hydroxylation is 1. The van der Waals surface area contributed by atoms with Crippen molar-refractivity contribution < 1.29 is 0 Å². The number of rotatable bonds is 2. The quantitative estimate of drug-likeness (QED) is 0.799. The van der Waals surface area contributed by atoms with Gasteiger partial charge in [-0.2, -0.15) is 0 Å². The Morgan fingerprint density at radius 1 is 1.31 bits per heavy atom. The van der Waals surface area contributed by atoms with Crippen LogP contribution in [0.3, 0.4) is 0 Å². The molecule has 2 N–H and O–H groups in total. The standard InChI is InChI=1S/C12H14N4/c1-2-9-8-6-13-7-11(8)16-12(15-9)10-4-3-5-14-10/h3-5,13-14H,2,6-7H2,1H3. The van der Waals surface area contributed by atoms with E-state index < -0.39 is 0 Å². The van der Waals surface area contributed by atoms with Gasteiger partial charge in [0, 0.05) is 30.5 Å². The molecule has 4 nitrogen and oxygen atoms in total. The van der Waals surface area contributed by atoms with Crippen LogP contribution >= 0.6 is 0 Å². The highest BCUT2D eigenvalue weighted by Gasteiger charge is 2.18. The van der Waals surface area contributed by atoms with Gasteiger partial charge in [0.15, 0.2) is 5.82 Å². The fourth-order valence-electron chi connectivity index (χ4n) is 2.12. The van der Waals surface area contributed by atoms with Gasteiger partial charge in [0.05, 0.1) is 11.4 Å². The minimum Gasteiger partial charge on any atom is -0.359 e. The van der Waals surface area contributed by atoms with Crippen LogP contribution in [0.1, 0.15) is 23.9 Å². The summed E-state index contributed by atoms with van der Waals surface area (Å²) in [4.78, 5) is 12.4. The van der Waals surface area contributed by atoms with E-state index >= 15 is 0 Å². The summed E-state index contributed by atoms with van der Waals surface area (Å²) in [5.41, 5.74) is 4.60. The molecule has 16 heavy (non-hydrogen) atoms. The lowest BCUT2D eigenvalue weighted by atomic mass is 10.1. The van der Waals surface area contributed by atoms with Gasteiger partial charge >= 0.3 is 0 Å². The van der Waals surface area contributed by atoms with Gasteiger partial charge in [-0.25, -0.2) is 9.97 Å². The van der Waals surface area contributed by atoms with Gasteiger partial charge in [-0.1, -0.05) is 6.92 Å². The number of nitrogens with one attached hydrogen (secondary N) is 2. The van der Waals surface area contributed by atoms with Crippen LogP contribution in [0.2, 0.25) is 0 Å². The second-order valence-electron chi connectivity index (χ2n) is 3.96. The Kier molecular flexibility index (Phi) is 2.22. The number of fused-ring (bicyclic) bond motifs is 1. The number of H-pyrrole nitrogens is 1. The number of aromatic nitrogens is 3. The molecular formula is C12H14N4. The Labute approximate surface area is 94.1 Å². The Bertz CT molecular complexity index is 502. The molecule has 0 saturated carbocycles. The maximum Gasteiger partial charge on any atom is 0.176 e. The van der Waals surface area contributed by atoms with Gasteiger partial charge in [0.1, 0.15) is 0 Å². The molecule has 0 radical (unpaired) electrons. The first kappa shape index (κ1) is 9.54. The highest BCUT2D eigenvalue weighted by molar-refractivity contribution is 5.51. The lowest BCUT2D eigenvalue weighted by Crippen LogP contribution is -2.02. The highest BCUT2D eigenvalue weighted by atomic mass is 15.0. The van der Waals surface area contributed by atoms with Gasteiger partial charge in [-0.3, -0.25) is 0 Å². The van der Waals surface area contributed by atoms with E-state index in [-0.39, 0.29) is 0 Å². The van der Waals surface area contributed by atoms with Crippen molar-refractivity contribution in [3.05, 3.63) is 35.3 Å². The van der Waals surface area contributed by atoms with Crippen molar-refractivity contribution in [1.82, 2.24) is 20.3 Å². The first-order valence-electron chi connectivity index (χ1n) is 5.61. The Hall–Kier alpha value is -1.68. The summed E-state index contributed by atoms with van der Waals surface area (Å²) in [5, 5.41) is 3.32. The predicted molar refractivity (Wildman–Crippen MR) is 61.7 cm³/mol. The molecule has 2 aromatic heterocycles. The van der Waals surface area contributed by atoms with E-state index in [4.69, 9.17) is 0 Å². The summed E-state index contributed by atoms with van der Waals surface area (Å²) in [7, 11) is 0. The summed E-state index contributed by atoms with van der Waals surface area (Å²) in [6.07, 6.45) is 2.86. The van der Waals surface area contributed by atoms with Crippen LogP contribution in [0.25, 0.3) is 11.5 Å². The topological polar surface area (TPSA) is 53.6 Å². The lowest BCUT2D eigenvalue weighted by molar-refractivity contribution is 0.755. The van der Waals surface area contributed by atoms with Crippen LogP contribution in [-0.4, -0.2) is 15.0 Å². The molecular weight excluding hydrogens is 200 g/mol. The molecule has 0 aromatic carbocycles. The molecule has 4 heteroatoms. The van der Waals surface area contributed by atoms with Crippen LogP contribution in [0.15, 0.2) is 18.3 Å². The summed E-state index contributed by atoms with van der Waals surface area (Å²) >= 11 is 0. The first-order valence-corrected chi connectivity index (χ1v) is 5.61. The van der Waals surface area contributed by atoms with Crippen LogP contribution in [0.5, 0.6) is 0 Å². The normalized spacial score (nSPS) is 14.1. The monoisotopic (exact) mass is 214 g/mol. The van der Waals surface area contributed by atoms with Crippen molar-refractivity contribution in [1.29, 1.82) is 0 Å². The van der Waals surface area contributed by atoms with E-state index in [1.54, 1.807) is 0 Å². The van der Waals surface area contributed by atoms with E-state index in [9.17, 15) is 0 Å². The van der Waals surface area contributed by atoms with E-state index in [2.05, 4.69) is 27.2 Å². The van der Waals surface area contributed by atoms with Gasteiger partial charge in [-0.05, 0) is 18.6 Å². The minimum atomic E-state index is 0.810. The van der Waals surface area contributed by atoms with Gasteiger partial charge in [0.25, 0.3) is 0 Å². The van der Waals surface area contributed by atoms with Crippen molar-refractivity contribution in [2.75, 3.05) is 0 Å². The average molecular weight is 214 g/mol. The third-order valence-electron chi connectivity index (χ3n) is 2.95. The molecule has 1 aliphatic rings. The zero-order chi connectivity index (χ0) is 11.0. The third kappa shape index (κ3) is 1.42. The maximum absolute atomic E-state index is 4.62. The third-order valence-corrected chi connectivity index (χ3v) is 2.95. The molecule has 0 bridgehead atoms. The molecule has 0 aliphatic carbocycles.